The first-order valence-corrected chi connectivity index (χ1v) is 7.95. The van der Waals surface area contributed by atoms with E-state index in [2.05, 4.69) is 14.8 Å². The van der Waals surface area contributed by atoms with Gasteiger partial charge in [-0.05, 0) is 41.1 Å². The maximum Gasteiger partial charge on any atom is 0.387 e. The van der Waals surface area contributed by atoms with Gasteiger partial charge in [-0.3, -0.25) is 4.79 Å². The molecule has 0 bridgehead atoms. The molecule has 7 heteroatoms. The third-order valence-corrected chi connectivity index (χ3v) is 3.88. The molecule has 0 fully saturated rings. The molecule has 0 aliphatic carbocycles. The SMILES string of the molecule is COC(=O)c1cc(OC(F)F)ccc1NC(=O)c1ccc2ccccc2c1. The quantitative estimate of drug-likeness (QED) is 0.672. The minimum absolute atomic E-state index is 0.0928. The van der Waals surface area contributed by atoms with Gasteiger partial charge >= 0.3 is 12.6 Å². The maximum atomic E-state index is 12.6. The molecule has 0 heterocycles. The molecule has 0 atom stereocenters. The van der Waals surface area contributed by atoms with Gasteiger partial charge in [0, 0.05) is 5.56 Å². The van der Waals surface area contributed by atoms with Crippen molar-refractivity contribution < 1.29 is 27.8 Å². The van der Waals surface area contributed by atoms with Gasteiger partial charge in [0.2, 0.25) is 0 Å². The number of methoxy groups -OCH3 is 1. The van der Waals surface area contributed by atoms with Crippen LogP contribution in [0.1, 0.15) is 20.7 Å². The van der Waals surface area contributed by atoms with Gasteiger partial charge in [0.05, 0.1) is 18.4 Å². The number of halogens is 2. The van der Waals surface area contributed by atoms with Crippen molar-refractivity contribution >= 4 is 28.3 Å². The van der Waals surface area contributed by atoms with Crippen LogP contribution in [0.2, 0.25) is 0 Å². The van der Waals surface area contributed by atoms with Crippen LogP contribution in [0.15, 0.2) is 60.7 Å². The van der Waals surface area contributed by atoms with Crippen LogP contribution in [0.3, 0.4) is 0 Å². The highest BCUT2D eigenvalue weighted by molar-refractivity contribution is 6.09. The minimum Gasteiger partial charge on any atom is -0.465 e. The van der Waals surface area contributed by atoms with Gasteiger partial charge in [-0.2, -0.15) is 8.78 Å². The second kappa shape index (κ2) is 7.82. The van der Waals surface area contributed by atoms with Crippen LogP contribution in [-0.2, 0) is 4.74 Å². The summed E-state index contributed by atoms with van der Waals surface area (Å²) in [5.74, 6) is -1.45. The first-order chi connectivity index (χ1) is 13.0. The molecule has 0 aliphatic heterocycles. The van der Waals surface area contributed by atoms with Gasteiger partial charge in [0.25, 0.3) is 5.91 Å². The van der Waals surface area contributed by atoms with Crippen molar-refractivity contribution in [2.75, 3.05) is 12.4 Å². The lowest BCUT2D eigenvalue weighted by Gasteiger charge is -2.12. The standard InChI is InChI=1S/C20H15F2NO4/c1-26-19(25)16-11-15(27-20(21)22)8-9-17(16)23-18(24)14-7-6-12-4-2-3-5-13(12)10-14/h2-11,20H,1H3,(H,23,24). The number of esters is 1. The predicted octanol–water partition coefficient (Wildman–Crippen LogP) is 4.48. The first-order valence-electron chi connectivity index (χ1n) is 7.95. The monoisotopic (exact) mass is 371 g/mol. The predicted molar refractivity (Wildman–Crippen MR) is 96.3 cm³/mol. The van der Waals surface area contributed by atoms with Crippen LogP contribution in [-0.4, -0.2) is 25.6 Å². The van der Waals surface area contributed by atoms with Crippen LogP contribution in [0.5, 0.6) is 5.75 Å². The van der Waals surface area contributed by atoms with E-state index in [-0.39, 0.29) is 17.0 Å². The Balaban J connectivity index is 1.90. The summed E-state index contributed by atoms with van der Waals surface area (Å²) >= 11 is 0. The van der Waals surface area contributed by atoms with E-state index in [0.717, 1.165) is 23.9 Å². The molecule has 1 amide bonds. The number of amides is 1. The molecule has 0 saturated heterocycles. The first kappa shape index (κ1) is 18.3. The number of anilines is 1. The highest BCUT2D eigenvalue weighted by Crippen LogP contribution is 2.25. The number of rotatable bonds is 5. The number of nitrogens with one attached hydrogen (secondary N) is 1. The number of carbonyl (C=O) groups excluding carboxylic acids is 2. The topological polar surface area (TPSA) is 64.6 Å². The van der Waals surface area contributed by atoms with Gasteiger partial charge in [-0.25, -0.2) is 4.79 Å². The van der Waals surface area contributed by atoms with E-state index < -0.39 is 18.5 Å². The summed E-state index contributed by atoms with van der Waals surface area (Å²) in [6.45, 7) is -3.03. The number of hydrogen-bond acceptors (Lipinski definition) is 4. The summed E-state index contributed by atoms with van der Waals surface area (Å²) in [5, 5.41) is 4.48. The van der Waals surface area contributed by atoms with Gasteiger partial charge in [0.15, 0.2) is 0 Å². The van der Waals surface area contributed by atoms with Crippen molar-refractivity contribution in [3.63, 3.8) is 0 Å². The molecule has 1 N–H and O–H groups in total. The molecule has 0 spiro atoms. The Morgan fingerprint density at radius 2 is 1.70 bits per heavy atom. The Kier molecular flexibility index (Phi) is 5.30. The Morgan fingerprint density at radius 1 is 0.963 bits per heavy atom. The van der Waals surface area contributed by atoms with Crippen molar-refractivity contribution in [3.05, 3.63) is 71.8 Å². The van der Waals surface area contributed by atoms with Crippen LogP contribution in [0, 0.1) is 0 Å². The van der Waals surface area contributed by atoms with Crippen molar-refractivity contribution in [3.8, 4) is 5.75 Å². The molecular weight excluding hydrogens is 356 g/mol. The molecule has 138 valence electrons. The highest BCUT2D eigenvalue weighted by Gasteiger charge is 2.17. The van der Waals surface area contributed by atoms with E-state index >= 15 is 0 Å². The van der Waals surface area contributed by atoms with Crippen LogP contribution >= 0.6 is 0 Å². The lowest BCUT2D eigenvalue weighted by atomic mass is 10.1. The fourth-order valence-corrected chi connectivity index (χ4v) is 2.61. The molecule has 0 aromatic heterocycles. The zero-order valence-electron chi connectivity index (χ0n) is 14.2. The van der Waals surface area contributed by atoms with Crippen molar-refractivity contribution in [2.24, 2.45) is 0 Å². The van der Waals surface area contributed by atoms with Crippen LogP contribution < -0.4 is 10.1 Å². The number of carbonyl (C=O) groups is 2. The maximum absolute atomic E-state index is 12.6. The van der Waals surface area contributed by atoms with Crippen LogP contribution in [0.25, 0.3) is 10.8 Å². The molecule has 3 aromatic carbocycles. The second-order valence-electron chi connectivity index (χ2n) is 5.59. The summed E-state index contributed by atoms with van der Waals surface area (Å²) in [5.41, 5.74) is 0.420. The fraction of sp³-hybridized carbons (Fsp3) is 0.100. The molecule has 0 unspecified atom stereocenters. The van der Waals surface area contributed by atoms with Crippen molar-refractivity contribution in [1.29, 1.82) is 0 Å². The third kappa shape index (κ3) is 4.20. The average Bonchev–Trinajstić information content (AvgIpc) is 2.67. The molecule has 0 radical (unpaired) electrons. The zero-order chi connectivity index (χ0) is 19.4. The lowest BCUT2D eigenvalue weighted by Crippen LogP contribution is -2.16. The molecule has 3 rings (SSSR count). The summed E-state index contributed by atoms with van der Waals surface area (Å²) < 4.78 is 33.7. The highest BCUT2D eigenvalue weighted by atomic mass is 19.3. The second-order valence-corrected chi connectivity index (χ2v) is 5.59. The Morgan fingerprint density at radius 3 is 2.41 bits per heavy atom. The number of hydrogen-bond donors (Lipinski definition) is 1. The normalized spacial score (nSPS) is 10.7. The fourth-order valence-electron chi connectivity index (χ4n) is 2.61. The van der Waals surface area contributed by atoms with E-state index in [0.29, 0.717) is 5.56 Å². The Hall–Kier alpha value is -3.48. The number of ether oxygens (including phenoxy) is 2. The van der Waals surface area contributed by atoms with Gasteiger partial charge in [-0.1, -0.05) is 30.3 Å². The average molecular weight is 371 g/mol. The zero-order valence-corrected chi connectivity index (χ0v) is 14.2. The molecule has 5 nitrogen and oxygen atoms in total. The Labute approximate surface area is 153 Å². The van der Waals surface area contributed by atoms with E-state index in [9.17, 15) is 18.4 Å². The smallest absolute Gasteiger partial charge is 0.387 e. The Bertz CT molecular complexity index is 1000. The lowest BCUT2D eigenvalue weighted by molar-refractivity contribution is -0.0499. The molecule has 27 heavy (non-hydrogen) atoms. The largest absolute Gasteiger partial charge is 0.465 e. The molecule has 0 saturated carbocycles. The van der Waals surface area contributed by atoms with Crippen molar-refractivity contribution in [1.82, 2.24) is 0 Å². The minimum atomic E-state index is -3.03. The van der Waals surface area contributed by atoms with E-state index in [1.54, 1.807) is 12.1 Å². The van der Waals surface area contributed by atoms with E-state index in [1.807, 2.05) is 30.3 Å². The third-order valence-electron chi connectivity index (χ3n) is 3.88. The number of alkyl halides is 2. The summed E-state index contributed by atoms with van der Waals surface area (Å²) in [6, 6.07) is 16.4. The molecule has 3 aromatic rings. The van der Waals surface area contributed by atoms with Gasteiger partial charge in [0.1, 0.15) is 5.75 Å². The van der Waals surface area contributed by atoms with Crippen molar-refractivity contribution in [2.45, 2.75) is 6.61 Å². The van der Waals surface area contributed by atoms with Crippen LogP contribution in [0.4, 0.5) is 14.5 Å². The number of fused-ring (bicyclic) bond motifs is 1. The van der Waals surface area contributed by atoms with Gasteiger partial charge < -0.3 is 14.8 Å². The molecule has 0 aliphatic rings. The number of benzene rings is 3. The van der Waals surface area contributed by atoms with E-state index in [4.69, 9.17) is 0 Å². The van der Waals surface area contributed by atoms with Gasteiger partial charge in [-0.15, -0.1) is 0 Å². The molecular formula is C20H15F2NO4. The summed E-state index contributed by atoms with van der Waals surface area (Å²) in [4.78, 5) is 24.5. The van der Waals surface area contributed by atoms with E-state index in [1.165, 1.54) is 12.1 Å². The summed E-state index contributed by atoms with van der Waals surface area (Å²) in [6.07, 6.45) is 0. The summed E-state index contributed by atoms with van der Waals surface area (Å²) in [7, 11) is 1.15.